The first-order valence-electron chi connectivity index (χ1n) is 6.19. The van der Waals surface area contributed by atoms with E-state index in [1.807, 2.05) is 32.2 Å². The van der Waals surface area contributed by atoms with Crippen LogP contribution in [0, 0.1) is 6.92 Å². The first-order chi connectivity index (χ1) is 8.13. The summed E-state index contributed by atoms with van der Waals surface area (Å²) in [5.41, 5.74) is 1.16. The van der Waals surface area contributed by atoms with Gasteiger partial charge in [-0.1, -0.05) is 17.7 Å². The number of halogens is 1. The number of hydrogen-bond donors (Lipinski definition) is 1. The molecule has 1 aromatic carbocycles. The molecule has 0 aliphatic heterocycles. The fraction of sp³-hybridized carbons (Fsp3) is 0.571. The van der Waals surface area contributed by atoms with Gasteiger partial charge in [0.1, 0.15) is 5.75 Å². The minimum atomic E-state index is 0.581. The number of unbranched alkanes of at least 4 members (excludes halogenated alkanes) is 1. The van der Waals surface area contributed by atoms with Gasteiger partial charge in [0.05, 0.1) is 11.6 Å². The maximum atomic E-state index is 6.08. The Kier molecular flexibility index (Phi) is 6.38. The third kappa shape index (κ3) is 5.42. The van der Waals surface area contributed by atoms with Crippen molar-refractivity contribution in [1.29, 1.82) is 0 Å². The average Bonchev–Trinajstić information content (AvgIpc) is 2.30. The largest absolute Gasteiger partial charge is 0.492 e. The molecular weight excluding hydrogens is 234 g/mol. The van der Waals surface area contributed by atoms with Gasteiger partial charge in [-0.3, -0.25) is 0 Å². The lowest BCUT2D eigenvalue weighted by molar-refractivity contribution is 0.302. The van der Waals surface area contributed by atoms with Gasteiger partial charge in [0, 0.05) is 6.04 Å². The molecule has 3 heteroatoms. The van der Waals surface area contributed by atoms with Crippen molar-refractivity contribution in [3.63, 3.8) is 0 Å². The van der Waals surface area contributed by atoms with Crippen LogP contribution in [0.5, 0.6) is 5.75 Å². The number of hydrogen-bond acceptors (Lipinski definition) is 2. The molecule has 0 saturated carbocycles. The topological polar surface area (TPSA) is 21.3 Å². The summed E-state index contributed by atoms with van der Waals surface area (Å²) in [4.78, 5) is 0. The van der Waals surface area contributed by atoms with E-state index in [9.17, 15) is 0 Å². The fourth-order valence-corrected chi connectivity index (χ4v) is 1.89. The van der Waals surface area contributed by atoms with Gasteiger partial charge in [-0.25, -0.2) is 0 Å². The molecule has 0 aliphatic rings. The molecule has 96 valence electrons. The van der Waals surface area contributed by atoms with E-state index >= 15 is 0 Å². The van der Waals surface area contributed by atoms with Crippen molar-refractivity contribution in [2.75, 3.05) is 13.7 Å². The number of aryl methyl sites for hydroxylation is 1. The summed E-state index contributed by atoms with van der Waals surface area (Å²) in [6.45, 7) is 4.95. The highest BCUT2D eigenvalue weighted by Crippen LogP contribution is 2.25. The van der Waals surface area contributed by atoms with E-state index in [0.717, 1.165) is 24.3 Å². The first-order valence-corrected chi connectivity index (χ1v) is 6.57. The minimum absolute atomic E-state index is 0.581. The van der Waals surface area contributed by atoms with Crippen LogP contribution in [0.2, 0.25) is 5.02 Å². The molecule has 1 aromatic rings. The van der Waals surface area contributed by atoms with Crippen molar-refractivity contribution >= 4 is 11.6 Å². The van der Waals surface area contributed by atoms with Gasteiger partial charge in [-0.05, 0) is 57.9 Å². The maximum absolute atomic E-state index is 6.08. The molecule has 0 aromatic heterocycles. The Balaban J connectivity index is 2.22. The van der Waals surface area contributed by atoms with E-state index in [0.29, 0.717) is 11.1 Å². The van der Waals surface area contributed by atoms with Gasteiger partial charge in [0.25, 0.3) is 0 Å². The minimum Gasteiger partial charge on any atom is -0.492 e. The Labute approximate surface area is 109 Å². The number of rotatable bonds is 7. The standard InChI is InChI=1S/C14H22ClNO/c1-11-7-8-14(13(15)10-11)17-9-5-4-6-12(2)16-3/h7-8,10,12,16H,4-6,9H2,1-3H3. The van der Waals surface area contributed by atoms with Crippen molar-refractivity contribution in [1.82, 2.24) is 5.32 Å². The lowest BCUT2D eigenvalue weighted by atomic mass is 10.1. The van der Waals surface area contributed by atoms with Gasteiger partial charge in [0.15, 0.2) is 0 Å². The zero-order valence-electron chi connectivity index (χ0n) is 10.9. The molecule has 0 amide bonds. The third-order valence-electron chi connectivity index (χ3n) is 2.87. The molecule has 0 bridgehead atoms. The molecule has 0 fully saturated rings. The first kappa shape index (κ1) is 14.3. The lowest BCUT2D eigenvalue weighted by Gasteiger charge is -2.11. The smallest absolute Gasteiger partial charge is 0.137 e. The van der Waals surface area contributed by atoms with Gasteiger partial charge in [0.2, 0.25) is 0 Å². The number of ether oxygens (including phenoxy) is 1. The normalized spacial score (nSPS) is 12.5. The maximum Gasteiger partial charge on any atom is 0.137 e. The molecule has 17 heavy (non-hydrogen) atoms. The predicted octanol–water partition coefficient (Wildman–Crippen LogP) is 3.81. The van der Waals surface area contributed by atoms with E-state index in [1.165, 1.54) is 12.8 Å². The molecular formula is C14H22ClNO. The molecule has 2 nitrogen and oxygen atoms in total. The summed E-state index contributed by atoms with van der Waals surface area (Å²) < 4.78 is 5.65. The van der Waals surface area contributed by atoms with Crippen LogP contribution in [0.3, 0.4) is 0 Å². The van der Waals surface area contributed by atoms with Crippen molar-refractivity contribution in [2.24, 2.45) is 0 Å². The van der Waals surface area contributed by atoms with Gasteiger partial charge in [-0.15, -0.1) is 0 Å². The molecule has 0 aliphatic carbocycles. The number of benzene rings is 1. The zero-order chi connectivity index (χ0) is 12.7. The second-order valence-electron chi connectivity index (χ2n) is 4.47. The van der Waals surface area contributed by atoms with Gasteiger partial charge >= 0.3 is 0 Å². The Hall–Kier alpha value is -0.730. The summed E-state index contributed by atoms with van der Waals surface area (Å²) in [7, 11) is 1.99. The van der Waals surface area contributed by atoms with Crippen LogP contribution >= 0.6 is 11.6 Å². The van der Waals surface area contributed by atoms with Crippen molar-refractivity contribution < 1.29 is 4.74 Å². The Morgan fingerprint density at radius 3 is 2.76 bits per heavy atom. The molecule has 1 atom stereocenters. The van der Waals surface area contributed by atoms with Crippen LogP contribution < -0.4 is 10.1 Å². The van der Waals surface area contributed by atoms with E-state index in [-0.39, 0.29) is 0 Å². The lowest BCUT2D eigenvalue weighted by Crippen LogP contribution is -2.20. The Morgan fingerprint density at radius 2 is 2.12 bits per heavy atom. The molecule has 1 N–H and O–H groups in total. The summed E-state index contributed by atoms with van der Waals surface area (Å²) in [5, 5.41) is 3.93. The SMILES string of the molecule is CNC(C)CCCCOc1ccc(C)cc1Cl. The summed E-state index contributed by atoms with van der Waals surface area (Å²) in [5.74, 6) is 0.791. The second kappa shape index (κ2) is 7.57. The van der Waals surface area contributed by atoms with Crippen LogP contribution in [0.15, 0.2) is 18.2 Å². The van der Waals surface area contributed by atoms with E-state index in [4.69, 9.17) is 16.3 Å². The molecule has 0 spiro atoms. The second-order valence-corrected chi connectivity index (χ2v) is 4.88. The zero-order valence-corrected chi connectivity index (χ0v) is 11.7. The molecule has 0 radical (unpaired) electrons. The van der Waals surface area contributed by atoms with Crippen molar-refractivity contribution in [3.8, 4) is 5.75 Å². The third-order valence-corrected chi connectivity index (χ3v) is 3.16. The summed E-state index contributed by atoms with van der Waals surface area (Å²) in [6, 6.07) is 6.47. The van der Waals surface area contributed by atoms with E-state index < -0.39 is 0 Å². The van der Waals surface area contributed by atoms with E-state index in [1.54, 1.807) is 0 Å². The highest BCUT2D eigenvalue weighted by Gasteiger charge is 2.02. The molecule has 1 rings (SSSR count). The van der Waals surface area contributed by atoms with Crippen LogP contribution in [-0.4, -0.2) is 19.7 Å². The quantitative estimate of drug-likeness (QED) is 0.749. The van der Waals surface area contributed by atoms with E-state index in [2.05, 4.69) is 12.2 Å². The van der Waals surface area contributed by atoms with Crippen molar-refractivity contribution in [3.05, 3.63) is 28.8 Å². The Bertz CT molecular complexity index is 341. The average molecular weight is 256 g/mol. The van der Waals surface area contributed by atoms with Crippen LogP contribution in [0.4, 0.5) is 0 Å². The van der Waals surface area contributed by atoms with Crippen LogP contribution in [-0.2, 0) is 0 Å². The highest BCUT2D eigenvalue weighted by atomic mass is 35.5. The van der Waals surface area contributed by atoms with Gasteiger partial charge < -0.3 is 10.1 Å². The Morgan fingerprint density at radius 1 is 1.35 bits per heavy atom. The molecule has 0 heterocycles. The molecule has 0 saturated heterocycles. The fourth-order valence-electron chi connectivity index (χ4n) is 1.60. The van der Waals surface area contributed by atoms with Crippen LogP contribution in [0.25, 0.3) is 0 Å². The van der Waals surface area contributed by atoms with Crippen LogP contribution in [0.1, 0.15) is 31.7 Å². The summed E-state index contributed by atoms with van der Waals surface area (Å²) >= 11 is 6.08. The monoisotopic (exact) mass is 255 g/mol. The highest BCUT2D eigenvalue weighted by molar-refractivity contribution is 6.32. The number of nitrogens with one attached hydrogen (secondary N) is 1. The molecule has 1 unspecified atom stereocenters. The van der Waals surface area contributed by atoms with Gasteiger partial charge in [-0.2, -0.15) is 0 Å². The van der Waals surface area contributed by atoms with Crippen molar-refractivity contribution in [2.45, 2.75) is 39.2 Å². The summed E-state index contributed by atoms with van der Waals surface area (Å²) in [6.07, 6.45) is 3.42. The predicted molar refractivity (Wildman–Crippen MR) is 74.1 cm³/mol.